The summed E-state index contributed by atoms with van der Waals surface area (Å²) in [5, 5.41) is 4.55. The maximum Gasteiger partial charge on any atom is 0.0211 e. The van der Waals surface area contributed by atoms with Crippen molar-refractivity contribution in [2.45, 2.75) is 69.6 Å². The van der Waals surface area contributed by atoms with Crippen molar-refractivity contribution in [3.63, 3.8) is 0 Å². The molecule has 1 saturated heterocycles. The second-order valence-corrected chi connectivity index (χ2v) is 7.26. The number of rotatable bonds is 4. The highest BCUT2D eigenvalue weighted by Crippen LogP contribution is 2.38. The summed E-state index contributed by atoms with van der Waals surface area (Å²) in [6, 6.07) is 0.790. The second-order valence-electron chi connectivity index (χ2n) is 5.91. The monoisotopic (exact) mass is 255 g/mol. The van der Waals surface area contributed by atoms with Gasteiger partial charge < -0.3 is 5.32 Å². The highest BCUT2D eigenvalue weighted by atomic mass is 32.2. The van der Waals surface area contributed by atoms with Gasteiger partial charge in [-0.05, 0) is 50.3 Å². The van der Waals surface area contributed by atoms with Crippen LogP contribution < -0.4 is 5.32 Å². The molecule has 0 amide bonds. The minimum Gasteiger partial charge on any atom is -0.316 e. The molecule has 0 spiro atoms. The summed E-state index contributed by atoms with van der Waals surface area (Å²) >= 11 is 2.23. The van der Waals surface area contributed by atoms with Gasteiger partial charge in [0.2, 0.25) is 0 Å². The zero-order valence-electron chi connectivity index (χ0n) is 11.6. The Morgan fingerprint density at radius 3 is 2.41 bits per heavy atom. The maximum atomic E-state index is 3.65. The standard InChI is InChI=1S/C15H29NS/c1-3-12-7-9-13(10-8-12)15(16-2)14-6-4-5-11-17-14/h12-16H,3-11H2,1-2H3. The average Bonchev–Trinajstić information content (AvgIpc) is 2.42. The molecule has 0 aromatic carbocycles. The largest absolute Gasteiger partial charge is 0.316 e. The van der Waals surface area contributed by atoms with E-state index in [9.17, 15) is 0 Å². The van der Waals surface area contributed by atoms with Crippen LogP contribution in [0.2, 0.25) is 0 Å². The van der Waals surface area contributed by atoms with Gasteiger partial charge in [-0.3, -0.25) is 0 Å². The van der Waals surface area contributed by atoms with Crippen molar-refractivity contribution in [2.75, 3.05) is 12.8 Å². The molecule has 2 atom stereocenters. The van der Waals surface area contributed by atoms with Gasteiger partial charge in [0.1, 0.15) is 0 Å². The minimum absolute atomic E-state index is 0.790. The summed E-state index contributed by atoms with van der Waals surface area (Å²) in [5.74, 6) is 3.38. The first-order valence-electron chi connectivity index (χ1n) is 7.64. The van der Waals surface area contributed by atoms with Crippen LogP contribution in [0.1, 0.15) is 58.3 Å². The SMILES string of the molecule is CCC1CCC(C(NC)C2CCCCS2)CC1. The number of hydrogen-bond acceptors (Lipinski definition) is 2. The molecule has 2 aliphatic rings. The second kappa shape index (κ2) is 7.04. The Labute approximate surface area is 112 Å². The van der Waals surface area contributed by atoms with Crippen LogP contribution in [0, 0.1) is 11.8 Å². The quantitative estimate of drug-likeness (QED) is 0.812. The van der Waals surface area contributed by atoms with Crippen LogP contribution in [0.25, 0.3) is 0 Å². The Bertz CT molecular complexity index is 205. The van der Waals surface area contributed by atoms with Gasteiger partial charge in [-0.25, -0.2) is 0 Å². The first-order chi connectivity index (χ1) is 8.35. The first-order valence-corrected chi connectivity index (χ1v) is 8.69. The molecule has 0 aromatic rings. The average molecular weight is 255 g/mol. The molecule has 2 unspecified atom stereocenters. The third kappa shape index (κ3) is 3.64. The fourth-order valence-corrected chi connectivity index (χ4v) is 5.30. The lowest BCUT2D eigenvalue weighted by atomic mass is 9.76. The van der Waals surface area contributed by atoms with E-state index < -0.39 is 0 Å². The predicted octanol–water partition coefficient (Wildman–Crippen LogP) is 4.08. The molecule has 1 aliphatic carbocycles. The van der Waals surface area contributed by atoms with E-state index in [2.05, 4.69) is 31.1 Å². The van der Waals surface area contributed by atoms with Crippen LogP contribution in [0.15, 0.2) is 0 Å². The van der Waals surface area contributed by atoms with E-state index in [0.717, 1.165) is 23.1 Å². The van der Waals surface area contributed by atoms with E-state index in [0.29, 0.717) is 0 Å². The zero-order valence-corrected chi connectivity index (χ0v) is 12.4. The maximum absolute atomic E-state index is 3.65. The molecule has 1 nitrogen and oxygen atoms in total. The molecular formula is C15H29NS. The Balaban J connectivity index is 1.85. The van der Waals surface area contributed by atoms with Gasteiger partial charge >= 0.3 is 0 Å². The molecular weight excluding hydrogens is 226 g/mol. The topological polar surface area (TPSA) is 12.0 Å². The molecule has 17 heavy (non-hydrogen) atoms. The van der Waals surface area contributed by atoms with Crippen LogP contribution in [0.3, 0.4) is 0 Å². The summed E-state index contributed by atoms with van der Waals surface area (Å²) < 4.78 is 0. The van der Waals surface area contributed by atoms with Gasteiger partial charge in [0.25, 0.3) is 0 Å². The van der Waals surface area contributed by atoms with Crippen LogP contribution in [0.5, 0.6) is 0 Å². The van der Waals surface area contributed by atoms with Gasteiger partial charge in [-0.15, -0.1) is 0 Å². The minimum atomic E-state index is 0.790. The molecule has 0 aromatic heterocycles. The van der Waals surface area contributed by atoms with Crippen molar-refractivity contribution in [3.05, 3.63) is 0 Å². The van der Waals surface area contributed by atoms with Crippen LogP contribution in [0.4, 0.5) is 0 Å². The van der Waals surface area contributed by atoms with E-state index in [1.807, 2.05) is 0 Å². The fourth-order valence-electron chi connectivity index (χ4n) is 3.73. The van der Waals surface area contributed by atoms with Crippen molar-refractivity contribution < 1.29 is 0 Å². The summed E-state index contributed by atoms with van der Waals surface area (Å²) in [5.41, 5.74) is 0. The third-order valence-corrected chi connectivity index (χ3v) is 6.41. The summed E-state index contributed by atoms with van der Waals surface area (Å²) in [6.45, 7) is 2.36. The van der Waals surface area contributed by atoms with Crippen LogP contribution in [-0.2, 0) is 0 Å². The normalized spacial score (nSPS) is 36.7. The van der Waals surface area contributed by atoms with Crippen molar-refractivity contribution in [1.82, 2.24) is 5.32 Å². The number of hydrogen-bond donors (Lipinski definition) is 1. The lowest BCUT2D eigenvalue weighted by molar-refractivity contribution is 0.217. The van der Waals surface area contributed by atoms with Gasteiger partial charge in [-0.2, -0.15) is 11.8 Å². The Morgan fingerprint density at radius 1 is 1.12 bits per heavy atom. The van der Waals surface area contributed by atoms with Crippen LogP contribution >= 0.6 is 11.8 Å². The molecule has 2 heteroatoms. The van der Waals surface area contributed by atoms with E-state index in [-0.39, 0.29) is 0 Å². The Morgan fingerprint density at radius 2 is 1.88 bits per heavy atom. The molecule has 1 aliphatic heterocycles. The first kappa shape index (κ1) is 13.7. The van der Waals surface area contributed by atoms with Crippen molar-refractivity contribution in [2.24, 2.45) is 11.8 Å². The summed E-state index contributed by atoms with van der Waals surface area (Å²) in [4.78, 5) is 0. The summed E-state index contributed by atoms with van der Waals surface area (Å²) in [7, 11) is 2.19. The van der Waals surface area contributed by atoms with Gasteiger partial charge in [0.05, 0.1) is 0 Å². The molecule has 0 radical (unpaired) electrons. The number of nitrogens with one attached hydrogen (secondary N) is 1. The molecule has 1 saturated carbocycles. The molecule has 2 fully saturated rings. The van der Waals surface area contributed by atoms with E-state index >= 15 is 0 Å². The highest BCUT2D eigenvalue weighted by molar-refractivity contribution is 8.00. The Kier molecular flexibility index (Phi) is 5.68. The van der Waals surface area contributed by atoms with Gasteiger partial charge in [-0.1, -0.05) is 32.6 Å². The highest BCUT2D eigenvalue weighted by Gasteiger charge is 2.32. The molecule has 1 heterocycles. The predicted molar refractivity (Wildman–Crippen MR) is 78.7 cm³/mol. The molecule has 100 valence electrons. The molecule has 0 bridgehead atoms. The van der Waals surface area contributed by atoms with Gasteiger partial charge in [0, 0.05) is 11.3 Å². The van der Waals surface area contributed by atoms with Gasteiger partial charge in [0.15, 0.2) is 0 Å². The van der Waals surface area contributed by atoms with Crippen LogP contribution in [-0.4, -0.2) is 24.1 Å². The lowest BCUT2D eigenvalue weighted by Gasteiger charge is -2.39. The van der Waals surface area contributed by atoms with E-state index in [1.54, 1.807) is 0 Å². The fraction of sp³-hybridized carbons (Fsp3) is 1.00. The van der Waals surface area contributed by atoms with Crippen molar-refractivity contribution >= 4 is 11.8 Å². The lowest BCUT2D eigenvalue weighted by Crippen LogP contribution is -2.44. The van der Waals surface area contributed by atoms with E-state index in [4.69, 9.17) is 0 Å². The van der Waals surface area contributed by atoms with Crippen molar-refractivity contribution in [1.29, 1.82) is 0 Å². The zero-order chi connectivity index (χ0) is 12.1. The van der Waals surface area contributed by atoms with Crippen molar-refractivity contribution in [3.8, 4) is 0 Å². The Hall–Kier alpha value is 0.310. The number of thioether (sulfide) groups is 1. The smallest absolute Gasteiger partial charge is 0.0211 e. The molecule has 2 rings (SSSR count). The summed E-state index contributed by atoms with van der Waals surface area (Å²) in [6.07, 6.45) is 11.7. The molecule has 1 N–H and O–H groups in total. The van der Waals surface area contributed by atoms with E-state index in [1.165, 1.54) is 57.1 Å². The third-order valence-electron chi connectivity index (χ3n) is 4.93.